The summed E-state index contributed by atoms with van der Waals surface area (Å²) in [6.45, 7) is 4.63. The normalized spacial score (nSPS) is 18.2. The van der Waals surface area contributed by atoms with Gasteiger partial charge in [0.2, 0.25) is 5.91 Å². The summed E-state index contributed by atoms with van der Waals surface area (Å²) in [5.74, 6) is 0.146. The zero-order valence-corrected chi connectivity index (χ0v) is 8.82. The average molecular weight is 200 g/mol. The van der Waals surface area contributed by atoms with E-state index in [0.29, 0.717) is 5.56 Å². The molecule has 0 atom stereocenters. The zero-order valence-electron chi connectivity index (χ0n) is 8.82. The van der Waals surface area contributed by atoms with E-state index >= 15 is 0 Å². The molecule has 0 aromatic heterocycles. The summed E-state index contributed by atoms with van der Waals surface area (Å²) in [6.07, 6.45) is 0. The third-order valence-corrected chi connectivity index (χ3v) is 2.69. The smallest absolute Gasteiger partial charge is 0.234 e. The van der Waals surface area contributed by atoms with Crippen LogP contribution in [0.15, 0.2) is 24.3 Å². The highest BCUT2D eigenvalue weighted by Crippen LogP contribution is 2.34. The van der Waals surface area contributed by atoms with Gasteiger partial charge in [-0.25, -0.2) is 0 Å². The maximum Gasteiger partial charge on any atom is 0.234 e. The van der Waals surface area contributed by atoms with Crippen molar-refractivity contribution in [2.45, 2.75) is 13.8 Å². The van der Waals surface area contributed by atoms with Crippen LogP contribution in [0, 0.1) is 16.7 Å². The fourth-order valence-electron chi connectivity index (χ4n) is 1.73. The summed E-state index contributed by atoms with van der Waals surface area (Å²) in [6, 6.07) is 9.14. The van der Waals surface area contributed by atoms with Crippen LogP contribution in [0.3, 0.4) is 0 Å². The number of β-lactam (4-membered cyclic amide) rings is 1. The molecule has 0 aliphatic carbocycles. The lowest BCUT2D eigenvalue weighted by atomic mass is 9.83. The van der Waals surface area contributed by atoms with Crippen molar-refractivity contribution >= 4 is 11.6 Å². The van der Waals surface area contributed by atoms with E-state index in [1.165, 1.54) is 0 Å². The van der Waals surface area contributed by atoms with Crippen LogP contribution < -0.4 is 4.90 Å². The quantitative estimate of drug-likeness (QED) is 0.650. The molecule has 1 aromatic carbocycles. The van der Waals surface area contributed by atoms with E-state index in [4.69, 9.17) is 5.26 Å². The molecular formula is C12H12N2O. The Morgan fingerprint density at radius 1 is 1.33 bits per heavy atom. The van der Waals surface area contributed by atoms with Gasteiger partial charge in [0.25, 0.3) is 0 Å². The second kappa shape index (κ2) is 3.09. The number of anilines is 1. The van der Waals surface area contributed by atoms with E-state index in [1.807, 2.05) is 26.0 Å². The van der Waals surface area contributed by atoms with Crippen molar-refractivity contribution in [1.29, 1.82) is 5.26 Å². The maximum atomic E-state index is 11.7. The Morgan fingerprint density at radius 3 is 2.33 bits per heavy atom. The van der Waals surface area contributed by atoms with Gasteiger partial charge in [0.1, 0.15) is 0 Å². The first-order chi connectivity index (χ1) is 7.04. The first kappa shape index (κ1) is 9.72. The molecular weight excluding hydrogens is 188 g/mol. The minimum absolute atomic E-state index is 0.146. The second-order valence-electron chi connectivity index (χ2n) is 4.43. The van der Waals surface area contributed by atoms with Crippen molar-refractivity contribution in [3.05, 3.63) is 29.8 Å². The first-order valence-corrected chi connectivity index (χ1v) is 4.87. The monoisotopic (exact) mass is 200 g/mol. The molecule has 3 nitrogen and oxygen atoms in total. The summed E-state index contributed by atoms with van der Waals surface area (Å²) in [5.41, 5.74) is 1.26. The van der Waals surface area contributed by atoms with Crippen molar-refractivity contribution < 1.29 is 4.79 Å². The van der Waals surface area contributed by atoms with Gasteiger partial charge in [0.05, 0.1) is 17.0 Å². The number of rotatable bonds is 1. The predicted molar refractivity (Wildman–Crippen MR) is 57.3 cm³/mol. The van der Waals surface area contributed by atoms with Crippen LogP contribution in [-0.2, 0) is 4.79 Å². The fraction of sp³-hybridized carbons (Fsp3) is 0.333. The first-order valence-electron chi connectivity index (χ1n) is 4.87. The lowest BCUT2D eigenvalue weighted by Gasteiger charge is -2.44. The highest BCUT2D eigenvalue weighted by Gasteiger charge is 2.44. The van der Waals surface area contributed by atoms with E-state index < -0.39 is 0 Å². The summed E-state index contributed by atoms with van der Waals surface area (Å²) in [4.78, 5) is 13.4. The van der Waals surface area contributed by atoms with Crippen LogP contribution in [0.4, 0.5) is 5.69 Å². The summed E-state index contributed by atoms with van der Waals surface area (Å²) < 4.78 is 0. The molecule has 0 bridgehead atoms. The van der Waals surface area contributed by atoms with Gasteiger partial charge in [0.15, 0.2) is 0 Å². The Labute approximate surface area is 88.9 Å². The highest BCUT2D eigenvalue weighted by atomic mass is 16.2. The highest BCUT2D eigenvalue weighted by molar-refractivity contribution is 6.03. The number of carbonyl (C=O) groups excluding carboxylic acids is 1. The molecule has 1 heterocycles. The summed E-state index contributed by atoms with van der Waals surface area (Å²) >= 11 is 0. The van der Waals surface area contributed by atoms with Gasteiger partial charge >= 0.3 is 0 Å². The largest absolute Gasteiger partial charge is 0.311 e. The van der Waals surface area contributed by atoms with Crippen LogP contribution in [0.25, 0.3) is 0 Å². The summed E-state index contributed by atoms with van der Waals surface area (Å²) in [5, 5.41) is 8.64. The van der Waals surface area contributed by atoms with E-state index in [1.54, 1.807) is 17.0 Å². The number of carbonyl (C=O) groups is 1. The van der Waals surface area contributed by atoms with Crippen LogP contribution in [-0.4, -0.2) is 12.5 Å². The Balaban J connectivity index is 2.20. The molecule has 2 rings (SSSR count). The third-order valence-electron chi connectivity index (χ3n) is 2.69. The minimum atomic E-state index is -0.228. The molecule has 0 N–H and O–H groups in total. The molecule has 15 heavy (non-hydrogen) atoms. The molecule has 76 valence electrons. The van der Waals surface area contributed by atoms with E-state index in [9.17, 15) is 4.79 Å². The number of hydrogen-bond donors (Lipinski definition) is 0. The molecule has 1 amide bonds. The Bertz CT molecular complexity index is 440. The predicted octanol–water partition coefficient (Wildman–Crippen LogP) is 1.93. The van der Waals surface area contributed by atoms with Crippen molar-refractivity contribution in [3.63, 3.8) is 0 Å². The van der Waals surface area contributed by atoms with E-state index in [2.05, 4.69) is 6.07 Å². The van der Waals surface area contributed by atoms with Gasteiger partial charge in [-0.05, 0) is 38.1 Å². The van der Waals surface area contributed by atoms with Gasteiger partial charge in [-0.15, -0.1) is 0 Å². The molecule has 1 fully saturated rings. The maximum absolute atomic E-state index is 11.7. The molecule has 3 heteroatoms. The number of amides is 1. The number of nitrogens with zero attached hydrogens (tertiary/aromatic N) is 2. The van der Waals surface area contributed by atoms with Gasteiger partial charge in [-0.2, -0.15) is 5.26 Å². The second-order valence-corrected chi connectivity index (χ2v) is 4.43. The Kier molecular flexibility index (Phi) is 2.01. The van der Waals surface area contributed by atoms with Gasteiger partial charge in [-0.1, -0.05) is 0 Å². The Morgan fingerprint density at radius 2 is 1.93 bits per heavy atom. The van der Waals surface area contributed by atoms with Crippen molar-refractivity contribution in [2.24, 2.45) is 5.41 Å². The molecule has 0 spiro atoms. The van der Waals surface area contributed by atoms with Crippen LogP contribution in [0.5, 0.6) is 0 Å². The number of benzene rings is 1. The molecule has 0 radical (unpaired) electrons. The van der Waals surface area contributed by atoms with Crippen molar-refractivity contribution in [1.82, 2.24) is 0 Å². The molecule has 0 unspecified atom stereocenters. The van der Waals surface area contributed by atoms with Crippen molar-refractivity contribution in [2.75, 3.05) is 11.4 Å². The van der Waals surface area contributed by atoms with Crippen LogP contribution in [0.1, 0.15) is 19.4 Å². The van der Waals surface area contributed by atoms with E-state index in [-0.39, 0.29) is 11.3 Å². The van der Waals surface area contributed by atoms with Crippen LogP contribution in [0.2, 0.25) is 0 Å². The SMILES string of the molecule is CC1(C)CN(c2ccc(C#N)cc2)C1=O. The van der Waals surface area contributed by atoms with E-state index in [0.717, 1.165) is 12.2 Å². The molecule has 1 aliphatic heterocycles. The van der Waals surface area contributed by atoms with Gasteiger partial charge in [-0.3, -0.25) is 4.79 Å². The van der Waals surface area contributed by atoms with Gasteiger partial charge < -0.3 is 4.90 Å². The summed E-state index contributed by atoms with van der Waals surface area (Å²) in [7, 11) is 0. The zero-order chi connectivity index (χ0) is 11.1. The number of hydrogen-bond acceptors (Lipinski definition) is 2. The molecule has 1 aromatic rings. The standard InChI is InChI=1S/C12H12N2O/c1-12(2)8-14(11(12)15)10-5-3-9(7-13)4-6-10/h3-6H,8H2,1-2H3. The van der Waals surface area contributed by atoms with Gasteiger partial charge in [0, 0.05) is 12.2 Å². The Hall–Kier alpha value is -1.82. The fourth-order valence-corrected chi connectivity index (χ4v) is 1.73. The number of nitriles is 1. The average Bonchev–Trinajstić information content (AvgIpc) is 2.26. The molecule has 1 saturated heterocycles. The van der Waals surface area contributed by atoms with Crippen LogP contribution >= 0.6 is 0 Å². The lowest BCUT2D eigenvalue weighted by molar-refractivity contribution is -0.132. The topological polar surface area (TPSA) is 44.1 Å². The van der Waals surface area contributed by atoms with Crippen molar-refractivity contribution in [3.8, 4) is 6.07 Å². The third kappa shape index (κ3) is 1.48. The lowest BCUT2D eigenvalue weighted by Crippen LogP contribution is -2.58. The molecule has 1 aliphatic rings. The minimum Gasteiger partial charge on any atom is -0.311 e. The molecule has 0 saturated carbocycles.